The van der Waals surface area contributed by atoms with Crippen LogP contribution in [0.3, 0.4) is 0 Å². The summed E-state index contributed by atoms with van der Waals surface area (Å²) in [6, 6.07) is 3.67. The van der Waals surface area contributed by atoms with Crippen molar-refractivity contribution < 1.29 is 23.1 Å². The molecule has 1 aromatic rings. The van der Waals surface area contributed by atoms with Crippen LogP contribution in [0.15, 0.2) is 24.3 Å². The van der Waals surface area contributed by atoms with Crippen LogP contribution in [-0.4, -0.2) is 17.1 Å². The number of benzene rings is 1. The number of hydrogen-bond donors (Lipinski definition) is 3. The van der Waals surface area contributed by atoms with Crippen molar-refractivity contribution in [3.63, 3.8) is 0 Å². The molecule has 2 rings (SSSR count). The third-order valence-electron chi connectivity index (χ3n) is 2.84. The fraction of sp³-hybridized carbons (Fsp3) is 0.364. The van der Waals surface area contributed by atoms with Gasteiger partial charge in [-0.25, -0.2) is 10.9 Å². The van der Waals surface area contributed by atoms with Gasteiger partial charge in [-0.05, 0) is 24.1 Å². The van der Waals surface area contributed by atoms with Gasteiger partial charge in [-0.2, -0.15) is 13.2 Å². The number of hydrazine groups is 1. The van der Waals surface area contributed by atoms with Gasteiger partial charge in [0.15, 0.2) is 0 Å². The van der Waals surface area contributed by atoms with E-state index in [0.29, 0.717) is 12.0 Å². The molecular formula is C11H11F3N2O2. The molecule has 0 saturated carbocycles. The summed E-state index contributed by atoms with van der Waals surface area (Å²) >= 11 is 0. The molecule has 1 heterocycles. The Kier molecular flexibility index (Phi) is 3.27. The molecule has 18 heavy (non-hydrogen) atoms. The summed E-state index contributed by atoms with van der Waals surface area (Å²) in [5.41, 5.74) is 5.24. The summed E-state index contributed by atoms with van der Waals surface area (Å²) in [6.45, 7) is 0. The molecule has 1 saturated heterocycles. The molecule has 3 N–H and O–H groups in total. The summed E-state index contributed by atoms with van der Waals surface area (Å²) in [7, 11) is 0. The number of nitrogens with one attached hydrogen (secondary N) is 2. The Morgan fingerprint density at radius 1 is 1.22 bits per heavy atom. The normalized spacial score (nSPS) is 24.2. The Morgan fingerprint density at radius 3 is 2.28 bits per heavy atom. The van der Waals surface area contributed by atoms with Gasteiger partial charge in [0.25, 0.3) is 0 Å². The number of carbonyl (C=O) groups is 1. The molecule has 0 spiro atoms. The number of aliphatic carboxylic acids is 1. The van der Waals surface area contributed by atoms with Crippen molar-refractivity contribution in [1.82, 2.24) is 10.9 Å². The summed E-state index contributed by atoms with van der Waals surface area (Å²) in [6.07, 6.45) is -4.07. The van der Waals surface area contributed by atoms with E-state index in [9.17, 15) is 18.0 Å². The Bertz CT molecular complexity index is 445. The van der Waals surface area contributed by atoms with Gasteiger partial charge < -0.3 is 5.11 Å². The zero-order valence-corrected chi connectivity index (χ0v) is 9.16. The summed E-state index contributed by atoms with van der Waals surface area (Å²) in [4.78, 5) is 10.7. The summed E-state index contributed by atoms with van der Waals surface area (Å²) in [5, 5.41) is 8.78. The zero-order valence-electron chi connectivity index (χ0n) is 9.16. The number of alkyl halides is 3. The van der Waals surface area contributed by atoms with E-state index in [1.807, 2.05) is 0 Å². The fourth-order valence-electron chi connectivity index (χ4n) is 1.84. The van der Waals surface area contributed by atoms with Crippen LogP contribution in [-0.2, 0) is 11.0 Å². The van der Waals surface area contributed by atoms with Crippen LogP contribution >= 0.6 is 0 Å². The van der Waals surface area contributed by atoms with Gasteiger partial charge in [0.1, 0.15) is 6.04 Å². The number of carboxylic acids is 1. The molecule has 98 valence electrons. The summed E-state index contributed by atoms with van der Waals surface area (Å²) in [5.74, 6) is -0.989. The lowest BCUT2D eigenvalue weighted by molar-refractivity contribution is -0.139. The predicted molar refractivity (Wildman–Crippen MR) is 56.5 cm³/mol. The maximum absolute atomic E-state index is 12.4. The first-order chi connectivity index (χ1) is 8.38. The van der Waals surface area contributed by atoms with Crippen LogP contribution in [0, 0.1) is 0 Å². The topological polar surface area (TPSA) is 61.4 Å². The third kappa shape index (κ3) is 2.62. The Morgan fingerprint density at radius 2 is 1.83 bits per heavy atom. The maximum atomic E-state index is 12.4. The zero-order chi connectivity index (χ0) is 13.3. The van der Waals surface area contributed by atoms with Gasteiger partial charge in [0, 0.05) is 6.04 Å². The van der Waals surface area contributed by atoms with Crippen molar-refractivity contribution in [2.24, 2.45) is 0 Å². The molecule has 1 aliphatic heterocycles. The Balaban J connectivity index is 2.10. The number of halogens is 3. The van der Waals surface area contributed by atoms with E-state index < -0.39 is 23.8 Å². The molecule has 1 fully saturated rings. The highest BCUT2D eigenvalue weighted by atomic mass is 19.4. The fourth-order valence-corrected chi connectivity index (χ4v) is 1.84. The minimum absolute atomic E-state index is 0.292. The van der Waals surface area contributed by atoms with Crippen LogP contribution in [0.25, 0.3) is 0 Å². The number of carboxylic acid groups (broad SMARTS) is 1. The molecule has 2 atom stereocenters. The molecule has 2 unspecified atom stereocenters. The van der Waals surface area contributed by atoms with Gasteiger partial charge in [-0.15, -0.1) is 0 Å². The summed E-state index contributed by atoms with van der Waals surface area (Å²) < 4.78 is 37.1. The molecular weight excluding hydrogens is 249 g/mol. The lowest BCUT2D eigenvalue weighted by Gasteiger charge is -2.11. The van der Waals surface area contributed by atoms with E-state index in [-0.39, 0.29) is 6.04 Å². The smallest absolute Gasteiger partial charge is 0.416 e. The van der Waals surface area contributed by atoms with Crippen LogP contribution in [0.1, 0.15) is 23.6 Å². The SMILES string of the molecule is O=C(O)C1CC(c2ccc(C(F)(F)F)cc2)NN1. The van der Waals surface area contributed by atoms with Crippen LogP contribution in [0.2, 0.25) is 0 Å². The van der Waals surface area contributed by atoms with Gasteiger partial charge in [0.05, 0.1) is 5.56 Å². The minimum Gasteiger partial charge on any atom is -0.480 e. The predicted octanol–water partition coefficient (Wildman–Crippen LogP) is 1.70. The van der Waals surface area contributed by atoms with Gasteiger partial charge in [-0.1, -0.05) is 12.1 Å². The highest BCUT2D eigenvalue weighted by molar-refractivity contribution is 5.73. The van der Waals surface area contributed by atoms with Crippen molar-refractivity contribution >= 4 is 5.97 Å². The van der Waals surface area contributed by atoms with Crippen molar-refractivity contribution in [3.8, 4) is 0 Å². The van der Waals surface area contributed by atoms with E-state index in [2.05, 4.69) is 10.9 Å². The van der Waals surface area contributed by atoms with E-state index >= 15 is 0 Å². The van der Waals surface area contributed by atoms with Crippen molar-refractivity contribution in [1.29, 1.82) is 0 Å². The van der Waals surface area contributed by atoms with E-state index in [0.717, 1.165) is 12.1 Å². The first-order valence-electron chi connectivity index (χ1n) is 5.29. The molecule has 1 aromatic carbocycles. The average Bonchev–Trinajstić information content (AvgIpc) is 2.77. The van der Waals surface area contributed by atoms with Crippen molar-refractivity contribution in [2.45, 2.75) is 24.7 Å². The highest BCUT2D eigenvalue weighted by Crippen LogP contribution is 2.31. The largest absolute Gasteiger partial charge is 0.480 e. The molecule has 0 radical (unpaired) electrons. The number of hydrogen-bond acceptors (Lipinski definition) is 3. The maximum Gasteiger partial charge on any atom is 0.416 e. The Labute approximate surface area is 101 Å². The van der Waals surface area contributed by atoms with E-state index in [1.54, 1.807) is 0 Å². The molecule has 4 nitrogen and oxygen atoms in total. The molecule has 0 amide bonds. The first-order valence-corrected chi connectivity index (χ1v) is 5.29. The number of rotatable bonds is 2. The van der Waals surface area contributed by atoms with Crippen LogP contribution < -0.4 is 10.9 Å². The highest BCUT2D eigenvalue weighted by Gasteiger charge is 2.32. The molecule has 7 heteroatoms. The second-order valence-corrected chi connectivity index (χ2v) is 4.09. The monoisotopic (exact) mass is 260 g/mol. The van der Waals surface area contributed by atoms with Crippen molar-refractivity contribution in [3.05, 3.63) is 35.4 Å². The lowest BCUT2D eigenvalue weighted by Crippen LogP contribution is -2.36. The quantitative estimate of drug-likeness (QED) is 0.757. The van der Waals surface area contributed by atoms with Gasteiger partial charge in [-0.3, -0.25) is 4.79 Å². The van der Waals surface area contributed by atoms with Crippen LogP contribution in [0.5, 0.6) is 0 Å². The molecule has 0 bridgehead atoms. The Hall–Kier alpha value is -1.60. The average molecular weight is 260 g/mol. The minimum atomic E-state index is -4.36. The van der Waals surface area contributed by atoms with E-state index in [1.165, 1.54) is 12.1 Å². The molecule has 0 aromatic heterocycles. The van der Waals surface area contributed by atoms with Crippen molar-refractivity contribution in [2.75, 3.05) is 0 Å². The molecule has 0 aliphatic carbocycles. The lowest BCUT2D eigenvalue weighted by atomic mass is 10.0. The van der Waals surface area contributed by atoms with Crippen LogP contribution in [0.4, 0.5) is 13.2 Å². The second-order valence-electron chi connectivity index (χ2n) is 4.09. The van der Waals surface area contributed by atoms with Gasteiger partial charge >= 0.3 is 12.1 Å². The molecule has 1 aliphatic rings. The van der Waals surface area contributed by atoms with Gasteiger partial charge in [0.2, 0.25) is 0 Å². The standard InChI is InChI=1S/C11H11F3N2O2/c12-11(13,14)7-3-1-6(2-4-7)8-5-9(10(17)18)16-15-8/h1-4,8-9,15-16H,5H2,(H,17,18). The van der Waals surface area contributed by atoms with E-state index in [4.69, 9.17) is 5.11 Å². The second kappa shape index (κ2) is 4.58. The third-order valence-corrected chi connectivity index (χ3v) is 2.84. The first kappa shape index (κ1) is 12.8.